The lowest BCUT2D eigenvalue weighted by molar-refractivity contribution is -0.385. The zero-order chi connectivity index (χ0) is 22.5. The van der Waals surface area contributed by atoms with Crippen LogP contribution in [0.4, 0.5) is 5.69 Å². The fraction of sp³-hybridized carbons (Fsp3) is 0.0870. The Morgan fingerprint density at radius 3 is 2.75 bits per heavy atom. The van der Waals surface area contributed by atoms with E-state index in [4.69, 9.17) is 9.47 Å². The summed E-state index contributed by atoms with van der Waals surface area (Å²) >= 11 is 0. The van der Waals surface area contributed by atoms with Gasteiger partial charge in [0.05, 0.1) is 28.1 Å². The summed E-state index contributed by atoms with van der Waals surface area (Å²) in [7, 11) is 0. The molecular weight excluding hydrogens is 410 g/mol. The van der Waals surface area contributed by atoms with Crippen molar-refractivity contribution in [2.75, 3.05) is 6.61 Å². The highest BCUT2D eigenvalue weighted by molar-refractivity contribution is 5.90. The molecule has 2 aromatic carbocycles. The SMILES string of the molecule is CCOc1cc(/C=C(\C#N)c2nc3ccccc3[nH]2)ccc1Oc1ccc([N+](=O)[O-])cn1. The van der Waals surface area contributed by atoms with Gasteiger partial charge >= 0.3 is 0 Å². The van der Waals surface area contributed by atoms with Gasteiger partial charge in [-0.3, -0.25) is 10.1 Å². The molecule has 4 aromatic rings. The summed E-state index contributed by atoms with van der Waals surface area (Å²) in [5.41, 5.74) is 2.58. The molecule has 0 saturated heterocycles. The maximum absolute atomic E-state index is 10.8. The maximum atomic E-state index is 10.8. The van der Waals surface area contributed by atoms with Crippen molar-refractivity contribution in [2.24, 2.45) is 0 Å². The number of para-hydroxylation sites is 2. The second-order valence-corrected chi connectivity index (χ2v) is 6.63. The molecule has 0 spiro atoms. The predicted octanol–water partition coefficient (Wildman–Crippen LogP) is 5.12. The van der Waals surface area contributed by atoms with E-state index in [0.29, 0.717) is 29.5 Å². The third-order valence-corrected chi connectivity index (χ3v) is 4.49. The number of aromatic amines is 1. The number of pyridine rings is 1. The summed E-state index contributed by atoms with van der Waals surface area (Å²) in [5.74, 6) is 1.51. The minimum atomic E-state index is -0.529. The largest absolute Gasteiger partial charge is 0.490 e. The lowest BCUT2D eigenvalue weighted by atomic mass is 10.1. The first-order valence-corrected chi connectivity index (χ1v) is 9.69. The fourth-order valence-corrected chi connectivity index (χ4v) is 3.02. The van der Waals surface area contributed by atoms with E-state index < -0.39 is 4.92 Å². The van der Waals surface area contributed by atoms with Crippen LogP contribution in [0.5, 0.6) is 17.4 Å². The first-order chi connectivity index (χ1) is 15.6. The number of ether oxygens (including phenoxy) is 2. The van der Waals surface area contributed by atoms with Crippen molar-refractivity contribution in [3.8, 4) is 23.4 Å². The van der Waals surface area contributed by atoms with Gasteiger partial charge in [-0.25, -0.2) is 9.97 Å². The smallest absolute Gasteiger partial charge is 0.287 e. The first kappa shape index (κ1) is 20.6. The Kier molecular flexibility index (Phi) is 5.76. The molecule has 1 N–H and O–H groups in total. The lowest BCUT2D eigenvalue weighted by Gasteiger charge is -2.11. The molecule has 0 aliphatic carbocycles. The summed E-state index contributed by atoms with van der Waals surface area (Å²) < 4.78 is 11.4. The highest BCUT2D eigenvalue weighted by atomic mass is 16.6. The van der Waals surface area contributed by atoms with Crippen molar-refractivity contribution in [3.63, 3.8) is 0 Å². The Labute approximate surface area is 182 Å². The average molecular weight is 427 g/mol. The monoisotopic (exact) mass is 427 g/mol. The van der Waals surface area contributed by atoms with Crippen LogP contribution in [0.25, 0.3) is 22.7 Å². The van der Waals surface area contributed by atoms with Crippen LogP contribution in [0.2, 0.25) is 0 Å². The van der Waals surface area contributed by atoms with Gasteiger partial charge in [0.15, 0.2) is 11.5 Å². The highest BCUT2D eigenvalue weighted by Crippen LogP contribution is 2.33. The predicted molar refractivity (Wildman–Crippen MR) is 118 cm³/mol. The molecule has 9 nitrogen and oxygen atoms in total. The molecule has 0 aliphatic rings. The number of rotatable bonds is 7. The number of imidazole rings is 1. The number of nitrogens with one attached hydrogen (secondary N) is 1. The number of nitrogens with zero attached hydrogens (tertiary/aromatic N) is 4. The van der Waals surface area contributed by atoms with E-state index in [0.717, 1.165) is 22.8 Å². The van der Waals surface area contributed by atoms with Gasteiger partial charge in [-0.05, 0) is 42.8 Å². The van der Waals surface area contributed by atoms with Crippen LogP contribution in [0, 0.1) is 21.4 Å². The number of H-pyrrole nitrogens is 1. The van der Waals surface area contributed by atoms with E-state index in [1.807, 2.05) is 31.2 Å². The number of fused-ring (bicyclic) bond motifs is 1. The molecule has 0 aliphatic heterocycles. The summed E-state index contributed by atoms with van der Waals surface area (Å²) in [6.07, 6.45) is 2.83. The van der Waals surface area contributed by atoms with E-state index in [1.165, 1.54) is 12.1 Å². The van der Waals surface area contributed by atoms with Gasteiger partial charge in [0.2, 0.25) is 5.88 Å². The van der Waals surface area contributed by atoms with Crippen molar-refractivity contribution in [3.05, 3.63) is 82.3 Å². The average Bonchev–Trinajstić information content (AvgIpc) is 3.23. The summed E-state index contributed by atoms with van der Waals surface area (Å²) in [6, 6.07) is 17.6. The van der Waals surface area contributed by atoms with Crippen molar-refractivity contribution in [1.82, 2.24) is 15.0 Å². The zero-order valence-electron chi connectivity index (χ0n) is 17.0. The molecule has 2 heterocycles. The van der Waals surface area contributed by atoms with Crippen molar-refractivity contribution in [1.29, 1.82) is 5.26 Å². The van der Waals surface area contributed by atoms with Crippen LogP contribution < -0.4 is 9.47 Å². The molecule has 2 aromatic heterocycles. The minimum Gasteiger partial charge on any atom is -0.490 e. The number of aromatic nitrogens is 3. The van der Waals surface area contributed by atoms with E-state index in [1.54, 1.807) is 24.3 Å². The van der Waals surface area contributed by atoms with Crippen LogP contribution in [0.15, 0.2) is 60.8 Å². The van der Waals surface area contributed by atoms with Crippen LogP contribution in [-0.4, -0.2) is 26.5 Å². The van der Waals surface area contributed by atoms with Crippen molar-refractivity contribution < 1.29 is 14.4 Å². The normalized spacial score (nSPS) is 11.2. The molecular formula is C23H17N5O4. The Morgan fingerprint density at radius 2 is 2.06 bits per heavy atom. The third-order valence-electron chi connectivity index (χ3n) is 4.49. The van der Waals surface area contributed by atoms with Gasteiger partial charge in [-0.1, -0.05) is 18.2 Å². The molecule has 158 valence electrons. The lowest BCUT2D eigenvalue weighted by Crippen LogP contribution is -1.97. The Hall–Kier alpha value is -4.71. The molecule has 0 fully saturated rings. The standard InChI is InChI=1S/C23H17N5O4/c1-2-31-21-12-15(7-9-20(21)32-22-10-8-17(14-25-22)28(29)30)11-16(13-24)23-26-18-5-3-4-6-19(18)27-23/h3-12,14H,2H2,1H3,(H,26,27)/b16-11+. The number of hydrogen-bond acceptors (Lipinski definition) is 7. The number of allylic oxidation sites excluding steroid dienone is 1. The molecule has 0 unspecified atom stereocenters. The van der Waals surface area contributed by atoms with Gasteiger partial charge in [-0.15, -0.1) is 0 Å². The molecule has 0 amide bonds. The molecule has 0 radical (unpaired) electrons. The number of benzene rings is 2. The quantitative estimate of drug-likeness (QED) is 0.246. The Morgan fingerprint density at radius 1 is 1.22 bits per heavy atom. The van der Waals surface area contributed by atoms with E-state index in [9.17, 15) is 15.4 Å². The van der Waals surface area contributed by atoms with Crippen LogP contribution in [-0.2, 0) is 0 Å². The van der Waals surface area contributed by atoms with Gasteiger partial charge in [0.1, 0.15) is 18.1 Å². The van der Waals surface area contributed by atoms with Crippen molar-refractivity contribution >= 4 is 28.4 Å². The molecule has 0 saturated carbocycles. The zero-order valence-corrected chi connectivity index (χ0v) is 17.0. The Balaban J connectivity index is 1.64. The van der Waals surface area contributed by atoms with E-state index >= 15 is 0 Å². The first-order valence-electron chi connectivity index (χ1n) is 9.69. The number of nitriles is 1. The number of nitro groups is 1. The fourth-order valence-electron chi connectivity index (χ4n) is 3.02. The van der Waals surface area contributed by atoms with E-state index in [-0.39, 0.29) is 11.6 Å². The summed E-state index contributed by atoms with van der Waals surface area (Å²) in [6.45, 7) is 2.23. The molecule has 0 atom stereocenters. The van der Waals surface area contributed by atoms with Crippen molar-refractivity contribution in [2.45, 2.75) is 6.92 Å². The summed E-state index contributed by atoms with van der Waals surface area (Å²) in [5, 5.41) is 20.4. The molecule has 0 bridgehead atoms. The Bertz CT molecular complexity index is 1320. The maximum Gasteiger partial charge on any atom is 0.287 e. The van der Waals surface area contributed by atoms with Crippen LogP contribution in [0.3, 0.4) is 0 Å². The second-order valence-electron chi connectivity index (χ2n) is 6.63. The molecule has 4 rings (SSSR count). The third kappa shape index (κ3) is 4.39. The van der Waals surface area contributed by atoms with Gasteiger partial charge < -0.3 is 14.5 Å². The molecule has 9 heteroatoms. The van der Waals surface area contributed by atoms with Crippen LogP contribution >= 0.6 is 0 Å². The molecule has 32 heavy (non-hydrogen) atoms. The van der Waals surface area contributed by atoms with Crippen LogP contribution in [0.1, 0.15) is 18.3 Å². The summed E-state index contributed by atoms with van der Waals surface area (Å²) in [4.78, 5) is 21.8. The topological polar surface area (TPSA) is 127 Å². The number of hydrogen-bond donors (Lipinski definition) is 1. The van der Waals surface area contributed by atoms with Gasteiger partial charge in [0, 0.05) is 12.1 Å². The minimum absolute atomic E-state index is 0.127. The second kappa shape index (κ2) is 8.97. The van der Waals surface area contributed by atoms with E-state index in [2.05, 4.69) is 21.0 Å². The van der Waals surface area contributed by atoms with Gasteiger partial charge in [-0.2, -0.15) is 5.26 Å². The van der Waals surface area contributed by atoms with Gasteiger partial charge in [0.25, 0.3) is 5.69 Å². The highest BCUT2D eigenvalue weighted by Gasteiger charge is 2.12.